The first-order valence-electron chi connectivity index (χ1n) is 8.47. The summed E-state index contributed by atoms with van der Waals surface area (Å²) < 4.78 is 4.56. The summed E-state index contributed by atoms with van der Waals surface area (Å²) in [6.45, 7) is 3.86. The first-order chi connectivity index (χ1) is 12.6. The third kappa shape index (κ3) is 5.22. The van der Waals surface area contributed by atoms with Crippen molar-refractivity contribution in [2.45, 2.75) is 39.5 Å². The van der Waals surface area contributed by atoms with Gasteiger partial charge >= 0.3 is 5.97 Å². The number of rotatable bonds is 5. The molecule has 8 heteroatoms. The largest absolute Gasteiger partial charge is 0.511 e. The van der Waals surface area contributed by atoms with Crippen LogP contribution in [0.25, 0.3) is 0 Å². The van der Waals surface area contributed by atoms with Crippen molar-refractivity contribution in [3.8, 4) is 0 Å². The molecule has 2 rings (SSSR count). The first-order valence-corrected chi connectivity index (χ1v) is 8.47. The molecule has 0 aromatic heterocycles. The summed E-state index contributed by atoms with van der Waals surface area (Å²) in [7, 11) is 1.25. The molecule has 1 aliphatic carbocycles. The predicted molar refractivity (Wildman–Crippen MR) is 99.1 cm³/mol. The van der Waals surface area contributed by atoms with Crippen LogP contribution in [0.5, 0.6) is 0 Å². The van der Waals surface area contributed by atoms with E-state index in [1.807, 2.05) is 13.8 Å². The molecule has 1 N–H and O–H groups in total. The normalized spacial score (nSPS) is 19.7. The molecule has 0 bridgehead atoms. The summed E-state index contributed by atoms with van der Waals surface area (Å²) in [5.41, 5.74) is 0.585. The number of carbonyl (C=O) groups is 2. The van der Waals surface area contributed by atoms with E-state index >= 15 is 0 Å². The van der Waals surface area contributed by atoms with Crippen LogP contribution in [0.1, 0.15) is 39.5 Å². The summed E-state index contributed by atoms with van der Waals surface area (Å²) >= 11 is 0. The maximum Gasteiger partial charge on any atom is 0.305 e. The number of aliphatic imine (C=N–C) groups is 1. The summed E-state index contributed by atoms with van der Waals surface area (Å²) in [4.78, 5) is 38.6. The lowest BCUT2D eigenvalue weighted by atomic mass is 9.73. The van der Waals surface area contributed by atoms with Gasteiger partial charge in [0.2, 0.25) is 0 Å². The number of benzene rings is 1. The molecule has 0 aliphatic heterocycles. The molecule has 1 saturated carbocycles. The van der Waals surface area contributed by atoms with Gasteiger partial charge in [0.05, 0.1) is 35.4 Å². The standard InChI is InChI=1S/C19H22N2O6/c1-19(2)10-14(20-12-4-6-13(7-5-12)21(25)26)18(16(23)11-19)15(22)8-9-17(24)27-3/h4-7,22H,8-11H2,1-3H3/b18-15+,20-14?. The number of hydrogen-bond acceptors (Lipinski definition) is 7. The number of nitro benzene ring substituents is 1. The number of nitro groups is 1. The van der Waals surface area contributed by atoms with Crippen molar-refractivity contribution in [1.29, 1.82) is 0 Å². The second kappa shape index (κ2) is 8.11. The Kier molecular flexibility index (Phi) is 6.09. The van der Waals surface area contributed by atoms with E-state index in [9.17, 15) is 24.8 Å². The number of aliphatic hydroxyl groups excluding tert-OH is 1. The molecule has 1 aromatic rings. The monoisotopic (exact) mass is 374 g/mol. The Balaban J connectivity index is 2.41. The number of ketones is 1. The van der Waals surface area contributed by atoms with Crippen LogP contribution in [-0.4, -0.2) is 34.6 Å². The fraction of sp³-hybridized carbons (Fsp3) is 0.421. The topological polar surface area (TPSA) is 119 Å². The van der Waals surface area contributed by atoms with Gasteiger partial charge in [0.25, 0.3) is 5.69 Å². The molecular formula is C19H22N2O6. The Morgan fingerprint density at radius 3 is 2.44 bits per heavy atom. The Morgan fingerprint density at radius 2 is 1.89 bits per heavy atom. The number of allylic oxidation sites excluding steroid dienone is 2. The van der Waals surface area contributed by atoms with E-state index in [1.54, 1.807) is 0 Å². The number of nitrogens with zero attached hydrogens (tertiary/aromatic N) is 2. The molecule has 0 heterocycles. The van der Waals surface area contributed by atoms with Crippen molar-refractivity contribution >= 4 is 28.8 Å². The third-order valence-corrected chi connectivity index (χ3v) is 4.26. The van der Waals surface area contributed by atoms with Gasteiger partial charge in [-0.05, 0) is 24.0 Å². The highest BCUT2D eigenvalue weighted by Gasteiger charge is 2.36. The third-order valence-electron chi connectivity index (χ3n) is 4.26. The van der Waals surface area contributed by atoms with Gasteiger partial charge in [0.1, 0.15) is 5.76 Å². The minimum absolute atomic E-state index is 0.0204. The zero-order chi connectivity index (χ0) is 20.2. The highest BCUT2D eigenvalue weighted by atomic mass is 16.6. The molecule has 0 radical (unpaired) electrons. The molecule has 0 amide bonds. The number of methoxy groups -OCH3 is 1. The number of aliphatic hydroxyl groups is 1. The number of hydrogen-bond donors (Lipinski definition) is 1. The van der Waals surface area contributed by atoms with E-state index < -0.39 is 10.9 Å². The molecule has 8 nitrogen and oxygen atoms in total. The fourth-order valence-corrected chi connectivity index (χ4v) is 2.96. The van der Waals surface area contributed by atoms with E-state index in [-0.39, 0.29) is 47.5 Å². The minimum atomic E-state index is -0.506. The Labute approximate surface area is 156 Å². The quantitative estimate of drug-likeness (QED) is 0.275. The van der Waals surface area contributed by atoms with Gasteiger partial charge in [-0.15, -0.1) is 0 Å². The molecule has 1 aromatic carbocycles. The Bertz CT molecular complexity index is 821. The number of Topliss-reactive ketones (excluding diaryl/α,β-unsaturated/α-hetero) is 1. The molecule has 0 atom stereocenters. The van der Waals surface area contributed by atoms with E-state index in [2.05, 4.69) is 9.73 Å². The SMILES string of the molecule is COC(=O)CC/C(O)=C1\C(=O)CC(C)(C)CC1=Nc1ccc([N+](=O)[O-])cc1. The van der Waals surface area contributed by atoms with Crippen LogP contribution in [0.2, 0.25) is 0 Å². The number of carbonyl (C=O) groups excluding carboxylic acids is 2. The lowest BCUT2D eigenvalue weighted by Gasteiger charge is -2.31. The van der Waals surface area contributed by atoms with E-state index in [0.29, 0.717) is 17.8 Å². The van der Waals surface area contributed by atoms with Gasteiger partial charge in [-0.2, -0.15) is 0 Å². The lowest BCUT2D eigenvalue weighted by molar-refractivity contribution is -0.384. The van der Waals surface area contributed by atoms with E-state index in [1.165, 1.54) is 31.4 Å². The molecule has 0 spiro atoms. The van der Waals surface area contributed by atoms with Crippen molar-refractivity contribution in [1.82, 2.24) is 0 Å². The molecule has 144 valence electrons. The maximum absolute atomic E-state index is 12.6. The first kappa shape index (κ1) is 20.3. The van der Waals surface area contributed by atoms with Crippen LogP contribution in [0.4, 0.5) is 11.4 Å². The summed E-state index contributed by atoms with van der Waals surface area (Å²) in [6, 6.07) is 5.63. The van der Waals surface area contributed by atoms with Crippen LogP contribution in [-0.2, 0) is 14.3 Å². The summed E-state index contributed by atoms with van der Waals surface area (Å²) in [5, 5.41) is 21.2. The van der Waals surface area contributed by atoms with Gasteiger partial charge in [0, 0.05) is 25.0 Å². The lowest BCUT2D eigenvalue weighted by Crippen LogP contribution is -2.32. The van der Waals surface area contributed by atoms with Crippen molar-refractivity contribution < 1.29 is 24.4 Å². The van der Waals surface area contributed by atoms with Crippen molar-refractivity contribution in [3.05, 3.63) is 45.7 Å². The van der Waals surface area contributed by atoms with Crippen LogP contribution in [0, 0.1) is 15.5 Å². The Morgan fingerprint density at radius 1 is 1.26 bits per heavy atom. The second-order valence-corrected chi connectivity index (χ2v) is 7.17. The van der Waals surface area contributed by atoms with Crippen LogP contribution < -0.4 is 0 Å². The van der Waals surface area contributed by atoms with Crippen molar-refractivity contribution in [2.24, 2.45) is 10.4 Å². The van der Waals surface area contributed by atoms with Crippen molar-refractivity contribution in [3.63, 3.8) is 0 Å². The van der Waals surface area contributed by atoms with Gasteiger partial charge in [-0.25, -0.2) is 0 Å². The average molecular weight is 374 g/mol. The number of non-ortho nitro benzene ring substituents is 1. The van der Waals surface area contributed by atoms with E-state index in [4.69, 9.17) is 0 Å². The Hall–Kier alpha value is -3.03. The van der Waals surface area contributed by atoms with Gasteiger partial charge in [-0.1, -0.05) is 13.8 Å². The van der Waals surface area contributed by atoms with Crippen LogP contribution in [0.15, 0.2) is 40.6 Å². The van der Waals surface area contributed by atoms with Crippen molar-refractivity contribution in [2.75, 3.05) is 7.11 Å². The average Bonchev–Trinajstić information content (AvgIpc) is 2.58. The zero-order valence-corrected chi connectivity index (χ0v) is 15.5. The highest BCUT2D eigenvalue weighted by molar-refractivity contribution is 6.25. The van der Waals surface area contributed by atoms with Gasteiger partial charge < -0.3 is 9.84 Å². The highest BCUT2D eigenvalue weighted by Crippen LogP contribution is 2.37. The summed E-state index contributed by atoms with van der Waals surface area (Å²) in [6.07, 6.45) is 0.637. The molecule has 27 heavy (non-hydrogen) atoms. The minimum Gasteiger partial charge on any atom is -0.511 e. The zero-order valence-electron chi connectivity index (χ0n) is 15.5. The molecule has 1 aliphatic rings. The molecule has 0 unspecified atom stereocenters. The summed E-state index contributed by atoms with van der Waals surface area (Å²) in [5.74, 6) is -0.921. The number of esters is 1. The van der Waals surface area contributed by atoms with E-state index in [0.717, 1.165) is 0 Å². The molecule has 0 saturated heterocycles. The van der Waals surface area contributed by atoms with Crippen LogP contribution >= 0.6 is 0 Å². The smallest absolute Gasteiger partial charge is 0.305 e. The fourth-order valence-electron chi connectivity index (χ4n) is 2.96. The van der Waals surface area contributed by atoms with Gasteiger partial charge in [0.15, 0.2) is 5.78 Å². The maximum atomic E-state index is 12.6. The predicted octanol–water partition coefficient (Wildman–Crippen LogP) is 3.82. The molecular weight excluding hydrogens is 352 g/mol. The second-order valence-electron chi connectivity index (χ2n) is 7.17. The van der Waals surface area contributed by atoms with Crippen LogP contribution in [0.3, 0.4) is 0 Å². The van der Waals surface area contributed by atoms with Gasteiger partial charge in [-0.3, -0.25) is 24.7 Å². The molecule has 1 fully saturated rings. The number of ether oxygens (including phenoxy) is 1.